The van der Waals surface area contributed by atoms with Gasteiger partial charge in [0, 0.05) is 0 Å². The van der Waals surface area contributed by atoms with Crippen molar-refractivity contribution < 1.29 is 4.79 Å². The third kappa shape index (κ3) is 3.15. The van der Waals surface area contributed by atoms with Gasteiger partial charge in [-0.2, -0.15) is 0 Å². The lowest BCUT2D eigenvalue weighted by Crippen LogP contribution is -2.24. The minimum Gasteiger partial charge on any atom is -0.369 e. The number of halogens is 3. The van der Waals surface area contributed by atoms with Gasteiger partial charge in [-0.1, -0.05) is 45.2 Å². The number of carbonyl (C=O) groups excluding carboxylic acids is 1. The van der Waals surface area contributed by atoms with Crippen molar-refractivity contribution in [3.8, 4) is 0 Å². The molecular weight excluding hydrogens is 289 g/mol. The Kier molecular flexibility index (Phi) is 4.23. The van der Waals surface area contributed by atoms with E-state index in [0.717, 1.165) is 5.56 Å². The van der Waals surface area contributed by atoms with Crippen LogP contribution in [-0.2, 0) is 11.2 Å². The maximum atomic E-state index is 10.8. The number of amides is 1. The van der Waals surface area contributed by atoms with Gasteiger partial charge in [0.05, 0.1) is 14.9 Å². The highest BCUT2D eigenvalue weighted by Crippen LogP contribution is 2.23. The first-order valence-electron chi connectivity index (χ1n) is 3.88. The van der Waals surface area contributed by atoms with E-state index in [1.165, 1.54) is 0 Å². The molecule has 1 rings (SSSR count). The molecule has 0 aromatic heterocycles. The van der Waals surface area contributed by atoms with Crippen molar-refractivity contribution in [2.24, 2.45) is 5.73 Å². The van der Waals surface area contributed by atoms with Crippen LogP contribution in [0.5, 0.6) is 0 Å². The van der Waals surface area contributed by atoms with Gasteiger partial charge in [0.25, 0.3) is 0 Å². The molecule has 2 N–H and O–H groups in total. The second-order valence-corrected chi connectivity index (χ2v) is 4.74. The molecule has 1 aromatic rings. The van der Waals surface area contributed by atoms with Crippen LogP contribution in [0.25, 0.3) is 0 Å². The lowest BCUT2D eigenvalue weighted by Gasteiger charge is -2.06. The van der Waals surface area contributed by atoms with Crippen LogP contribution in [0.1, 0.15) is 5.56 Å². The summed E-state index contributed by atoms with van der Waals surface area (Å²) in [4.78, 5) is 10.4. The first-order valence-corrected chi connectivity index (χ1v) is 5.55. The van der Waals surface area contributed by atoms with Crippen LogP contribution in [0, 0.1) is 0 Å². The molecule has 0 radical (unpaired) electrons. The number of primary amides is 1. The van der Waals surface area contributed by atoms with Gasteiger partial charge in [0.15, 0.2) is 0 Å². The van der Waals surface area contributed by atoms with Gasteiger partial charge < -0.3 is 5.73 Å². The Morgan fingerprint density at radius 1 is 1.43 bits per heavy atom. The second-order valence-electron chi connectivity index (χ2n) is 2.82. The molecule has 2 nitrogen and oxygen atoms in total. The third-order valence-corrected chi connectivity index (χ3v) is 3.22. The predicted octanol–water partition coefficient (Wildman–Crippen LogP) is 2.78. The van der Waals surface area contributed by atoms with E-state index >= 15 is 0 Å². The van der Waals surface area contributed by atoms with Gasteiger partial charge in [-0.3, -0.25) is 4.79 Å². The molecular formula is C9H8BrCl2NO. The fourth-order valence-corrected chi connectivity index (χ4v) is 1.67. The van der Waals surface area contributed by atoms with Crippen LogP contribution in [-0.4, -0.2) is 10.7 Å². The fraction of sp³-hybridized carbons (Fsp3) is 0.222. The summed E-state index contributed by atoms with van der Waals surface area (Å²) in [6.45, 7) is 0. The average molecular weight is 297 g/mol. The number of alkyl halides is 1. The highest BCUT2D eigenvalue weighted by Gasteiger charge is 2.11. The zero-order chi connectivity index (χ0) is 10.7. The van der Waals surface area contributed by atoms with E-state index in [-0.39, 0.29) is 4.83 Å². The van der Waals surface area contributed by atoms with E-state index in [9.17, 15) is 4.79 Å². The number of benzene rings is 1. The highest BCUT2D eigenvalue weighted by atomic mass is 79.9. The Balaban J connectivity index is 2.78. The lowest BCUT2D eigenvalue weighted by molar-refractivity contribution is -0.117. The van der Waals surface area contributed by atoms with Crippen molar-refractivity contribution in [1.82, 2.24) is 0 Å². The molecule has 5 heteroatoms. The van der Waals surface area contributed by atoms with Crippen LogP contribution in [0.3, 0.4) is 0 Å². The summed E-state index contributed by atoms with van der Waals surface area (Å²) in [5, 5.41) is 0.981. The fourth-order valence-electron chi connectivity index (χ4n) is 0.974. The zero-order valence-electron chi connectivity index (χ0n) is 7.14. The molecule has 1 amide bonds. The first kappa shape index (κ1) is 11.8. The topological polar surface area (TPSA) is 43.1 Å². The van der Waals surface area contributed by atoms with Crippen molar-refractivity contribution in [2.45, 2.75) is 11.2 Å². The number of hydrogen-bond acceptors (Lipinski definition) is 1. The summed E-state index contributed by atoms with van der Waals surface area (Å²) in [6, 6.07) is 5.23. The summed E-state index contributed by atoms with van der Waals surface area (Å²) in [5.41, 5.74) is 6.02. The molecule has 76 valence electrons. The molecule has 1 unspecified atom stereocenters. The SMILES string of the molecule is NC(=O)C(Br)Cc1ccc(Cl)c(Cl)c1. The summed E-state index contributed by atoms with van der Waals surface area (Å²) < 4.78 is 0. The highest BCUT2D eigenvalue weighted by molar-refractivity contribution is 9.10. The van der Waals surface area contributed by atoms with Crippen molar-refractivity contribution in [3.05, 3.63) is 33.8 Å². The van der Waals surface area contributed by atoms with Crippen molar-refractivity contribution in [2.75, 3.05) is 0 Å². The average Bonchev–Trinajstić information content (AvgIpc) is 2.11. The predicted molar refractivity (Wildman–Crippen MR) is 62.1 cm³/mol. The molecule has 0 aliphatic rings. The zero-order valence-corrected chi connectivity index (χ0v) is 10.2. The Bertz CT molecular complexity index is 357. The van der Waals surface area contributed by atoms with Crippen molar-refractivity contribution >= 4 is 45.0 Å². The van der Waals surface area contributed by atoms with Crippen molar-refractivity contribution in [1.29, 1.82) is 0 Å². The molecule has 1 aromatic carbocycles. The summed E-state index contributed by atoms with van der Waals surface area (Å²) in [5.74, 6) is -0.393. The number of hydrogen-bond donors (Lipinski definition) is 1. The number of nitrogens with two attached hydrogens (primary N) is 1. The van der Waals surface area contributed by atoms with E-state index in [1.54, 1.807) is 12.1 Å². The minimum absolute atomic E-state index is 0.375. The first-order chi connectivity index (χ1) is 6.50. The van der Waals surface area contributed by atoms with E-state index < -0.39 is 5.91 Å². The summed E-state index contributed by atoms with van der Waals surface area (Å²) >= 11 is 14.7. The maximum absolute atomic E-state index is 10.8. The summed E-state index contributed by atoms with van der Waals surface area (Å²) in [7, 11) is 0. The normalized spacial score (nSPS) is 12.5. The number of carbonyl (C=O) groups is 1. The third-order valence-electron chi connectivity index (χ3n) is 1.71. The van der Waals surface area contributed by atoms with Crippen LogP contribution in [0.15, 0.2) is 18.2 Å². The van der Waals surface area contributed by atoms with E-state index in [1.807, 2.05) is 6.07 Å². The molecule has 1 atom stereocenters. The molecule has 0 aliphatic carbocycles. The van der Waals surface area contributed by atoms with Gasteiger partial charge in [-0.25, -0.2) is 0 Å². The molecule has 0 saturated carbocycles. The van der Waals surface area contributed by atoms with Crippen LogP contribution in [0.2, 0.25) is 10.0 Å². The standard InChI is InChI=1S/C9H8BrCl2NO/c10-6(9(13)14)3-5-1-2-7(11)8(12)4-5/h1-2,4,6H,3H2,(H2,13,14). The Morgan fingerprint density at radius 3 is 2.57 bits per heavy atom. The number of rotatable bonds is 3. The van der Waals surface area contributed by atoms with Crippen LogP contribution < -0.4 is 5.73 Å². The molecule has 0 bridgehead atoms. The quantitative estimate of drug-likeness (QED) is 0.857. The van der Waals surface area contributed by atoms with Gasteiger partial charge in [-0.05, 0) is 24.1 Å². The Labute approximate surface area is 101 Å². The van der Waals surface area contributed by atoms with E-state index in [2.05, 4.69) is 15.9 Å². The molecule has 0 aliphatic heterocycles. The van der Waals surface area contributed by atoms with Crippen LogP contribution in [0.4, 0.5) is 0 Å². The maximum Gasteiger partial charge on any atom is 0.231 e. The van der Waals surface area contributed by atoms with E-state index in [0.29, 0.717) is 16.5 Å². The van der Waals surface area contributed by atoms with Crippen LogP contribution >= 0.6 is 39.1 Å². The Morgan fingerprint density at radius 2 is 2.07 bits per heavy atom. The van der Waals surface area contributed by atoms with Gasteiger partial charge in [-0.15, -0.1) is 0 Å². The minimum atomic E-state index is -0.393. The molecule has 0 saturated heterocycles. The monoisotopic (exact) mass is 295 g/mol. The van der Waals surface area contributed by atoms with Gasteiger partial charge in [0.1, 0.15) is 0 Å². The summed E-state index contributed by atoms with van der Waals surface area (Å²) in [6.07, 6.45) is 0.506. The largest absolute Gasteiger partial charge is 0.369 e. The van der Waals surface area contributed by atoms with Gasteiger partial charge in [0.2, 0.25) is 5.91 Å². The smallest absolute Gasteiger partial charge is 0.231 e. The Hall–Kier alpha value is -0.250. The second kappa shape index (κ2) is 5.01. The molecule has 0 heterocycles. The molecule has 0 spiro atoms. The van der Waals surface area contributed by atoms with Crippen molar-refractivity contribution in [3.63, 3.8) is 0 Å². The molecule has 14 heavy (non-hydrogen) atoms. The van der Waals surface area contributed by atoms with E-state index in [4.69, 9.17) is 28.9 Å². The van der Waals surface area contributed by atoms with Gasteiger partial charge >= 0.3 is 0 Å². The lowest BCUT2D eigenvalue weighted by atomic mass is 10.1. The molecule has 0 fully saturated rings.